The van der Waals surface area contributed by atoms with Gasteiger partial charge in [-0.15, -0.1) is 0 Å². The zero-order valence-corrected chi connectivity index (χ0v) is 11.5. The second-order valence-corrected chi connectivity index (χ2v) is 4.55. The fourth-order valence-corrected chi connectivity index (χ4v) is 2.28. The van der Waals surface area contributed by atoms with Gasteiger partial charge in [0, 0.05) is 26.1 Å². The number of carbonyl (C=O) groups is 2. The Bertz CT molecular complexity index is 516. The molecule has 1 amide bonds. The van der Waals surface area contributed by atoms with E-state index in [4.69, 9.17) is 10.5 Å². The number of amides is 1. The Labute approximate surface area is 117 Å². The molecule has 0 saturated carbocycles. The lowest BCUT2D eigenvalue weighted by molar-refractivity contribution is -0.120. The second kappa shape index (κ2) is 6.27. The molecule has 0 aliphatic carbocycles. The molecule has 1 saturated heterocycles. The maximum Gasteiger partial charge on any atom is 0.340 e. The number of hydrogen-bond donors (Lipinski definition) is 2. The molecule has 0 aromatic heterocycles. The normalized spacial score (nSPS) is 15.4. The van der Waals surface area contributed by atoms with E-state index in [1.165, 1.54) is 0 Å². The highest BCUT2D eigenvalue weighted by Crippen LogP contribution is 2.29. The molecular formula is C14H19N3O3. The third kappa shape index (κ3) is 3.01. The predicted molar refractivity (Wildman–Crippen MR) is 76.7 cm³/mol. The Hall–Kier alpha value is -2.24. The number of ether oxygens (including phenoxy) is 1. The second-order valence-electron chi connectivity index (χ2n) is 4.55. The molecule has 2 rings (SSSR count). The van der Waals surface area contributed by atoms with E-state index >= 15 is 0 Å². The third-order valence-electron chi connectivity index (χ3n) is 3.19. The molecule has 0 radical (unpaired) electrons. The highest BCUT2D eigenvalue weighted by Gasteiger charge is 2.22. The van der Waals surface area contributed by atoms with E-state index in [1.54, 1.807) is 25.1 Å². The highest BCUT2D eigenvalue weighted by atomic mass is 16.5. The lowest BCUT2D eigenvalue weighted by atomic mass is 10.1. The van der Waals surface area contributed by atoms with Crippen molar-refractivity contribution < 1.29 is 14.3 Å². The quantitative estimate of drug-likeness (QED) is 0.630. The molecule has 0 atom stereocenters. The van der Waals surface area contributed by atoms with E-state index in [-0.39, 0.29) is 5.91 Å². The summed E-state index contributed by atoms with van der Waals surface area (Å²) in [6, 6.07) is 5.17. The van der Waals surface area contributed by atoms with Crippen molar-refractivity contribution in [2.75, 3.05) is 36.9 Å². The number of rotatable bonds is 3. The summed E-state index contributed by atoms with van der Waals surface area (Å²) in [5, 5.41) is 2.80. The Morgan fingerprint density at radius 1 is 1.45 bits per heavy atom. The van der Waals surface area contributed by atoms with E-state index in [0.29, 0.717) is 49.6 Å². The van der Waals surface area contributed by atoms with Crippen LogP contribution in [0.2, 0.25) is 0 Å². The van der Waals surface area contributed by atoms with Gasteiger partial charge in [0.05, 0.1) is 23.5 Å². The summed E-state index contributed by atoms with van der Waals surface area (Å²) in [5.41, 5.74) is 7.64. The van der Waals surface area contributed by atoms with Gasteiger partial charge in [-0.3, -0.25) is 4.79 Å². The largest absolute Gasteiger partial charge is 0.462 e. The fraction of sp³-hybridized carbons (Fsp3) is 0.429. The van der Waals surface area contributed by atoms with Crippen LogP contribution in [0.5, 0.6) is 0 Å². The zero-order valence-electron chi connectivity index (χ0n) is 11.5. The van der Waals surface area contributed by atoms with Gasteiger partial charge in [-0.05, 0) is 19.1 Å². The highest BCUT2D eigenvalue weighted by molar-refractivity contribution is 5.99. The summed E-state index contributed by atoms with van der Waals surface area (Å²) in [6.07, 6.45) is 0.386. The molecule has 1 aliphatic rings. The average Bonchev–Trinajstić information content (AvgIpc) is 2.63. The van der Waals surface area contributed by atoms with Crippen molar-refractivity contribution in [3.63, 3.8) is 0 Å². The van der Waals surface area contributed by atoms with Crippen molar-refractivity contribution in [3.8, 4) is 0 Å². The van der Waals surface area contributed by atoms with Gasteiger partial charge in [-0.1, -0.05) is 6.07 Å². The maximum atomic E-state index is 12.0. The van der Waals surface area contributed by atoms with Crippen LogP contribution in [0.3, 0.4) is 0 Å². The van der Waals surface area contributed by atoms with Crippen molar-refractivity contribution >= 4 is 23.3 Å². The Balaban J connectivity index is 2.33. The zero-order chi connectivity index (χ0) is 14.5. The summed E-state index contributed by atoms with van der Waals surface area (Å²) < 4.78 is 5.06. The van der Waals surface area contributed by atoms with E-state index in [2.05, 4.69) is 5.32 Å². The first kappa shape index (κ1) is 14.2. The van der Waals surface area contributed by atoms with Gasteiger partial charge >= 0.3 is 5.97 Å². The monoisotopic (exact) mass is 277 g/mol. The minimum atomic E-state index is -0.390. The number of nitrogens with zero attached hydrogens (tertiary/aromatic N) is 1. The fourth-order valence-electron chi connectivity index (χ4n) is 2.28. The molecule has 3 N–H and O–H groups in total. The number of carbonyl (C=O) groups excluding carboxylic acids is 2. The van der Waals surface area contributed by atoms with Gasteiger partial charge in [0.25, 0.3) is 0 Å². The number of nitrogens with one attached hydrogen (secondary N) is 1. The Kier molecular flexibility index (Phi) is 4.45. The van der Waals surface area contributed by atoms with Gasteiger partial charge < -0.3 is 20.7 Å². The van der Waals surface area contributed by atoms with Crippen LogP contribution < -0.4 is 16.0 Å². The van der Waals surface area contributed by atoms with Gasteiger partial charge in [0.2, 0.25) is 5.91 Å². The minimum absolute atomic E-state index is 0.0136. The Morgan fingerprint density at radius 3 is 3.00 bits per heavy atom. The van der Waals surface area contributed by atoms with E-state index in [1.807, 2.05) is 4.90 Å². The molecule has 0 unspecified atom stereocenters. The first-order valence-electron chi connectivity index (χ1n) is 6.70. The molecule has 0 spiro atoms. The van der Waals surface area contributed by atoms with Crippen LogP contribution in [-0.4, -0.2) is 38.1 Å². The minimum Gasteiger partial charge on any atom is -0.462 e. The van der Waals surface area contributed by atoms with Crippen LogP contribution in [0.25, 0.3) is 0 Å². The van der Waals surface area contributed by atoms with Crippen molar-refractivity contribution in [2.24, 2.45) is 0 Å². The van der Waals surface area contributed by atoms with Crippen LogP contribution in [0.4, 0.5) is 11.4 Å². The van der Waals surface area contributed by atoms with Crippen molar-refractivity contribution in [1.82, 2.24) is 5.32 Å². The predicted octanol–water partition coefficient (Wildman–Crippen LogP) is 0.772. The SMILES string of the molecule is CCOC(=O)c1cccc(N)c1N1CCNC(=O)CC1. The molecule has 0 bridgehead atoms. The number of benzene rings is 1. The molecule has 1 fully saturated rings. The number of esters is 1. The molecule has 1 heterocycles. The van der Waals surface area contributed by atoms with Crippen LogP contribution in [0.15, 0.2) is 18.2 Å². The van der Waals surface area contributed by atoms with E-state index in [9.17, 15) is 9.59 Å². The topological polar surface area (TPSA) is 84.7 Å². The lowest BCUT2D eigenvalue weighted by Gasteiger charge is -2.25. The molecule has 6 nitrogen and oxygen atoms in total. The maximum absolute atomic E-state index is 12.0. The average molecular weight is 277 g/mol. The molecule has 20 heavy (non-hydrogen) atoms. The van der Waals surface area contributed by atoms with Crippen molar-refractivity contribution in [3.05, 3.63) is 23.8 Å². The molecule has 1 aromatic carbocycles. The first-order chi connectivity index (χ1) is 9.63. The van der Waals surface area contributed by atoms with Gasteiger partial charge in [0.1, 0.15) is 0 Å². The number of anilines is 2. The van der Waals surface area contributed by atoms with Crippen LogP contribution in [0.1, 0.15) is 23.7 Å². The van der Waals surface area contributed by atoms with E-state index < -0.39 is 5.97 Å². The van der Waals surface area contributed by atoms with Gasteiger partial charge in [-0.2, -0.15) is 0 Å². The summed E-state index contributed by atoms with van der Waals surface area (Å²) in [7, 11) is 0. The van der Waals surface area contributed by atoms with Crippen molar-refractivity contribution in [2.45, 2.75) is 13.3 Å². The smallest absolute Gasteiger partial charge is 0.340 e. The van der Waals surface area contributed by atoms with Gasteiger partial charge in [-0.25, -0.2) is 4.79 Å². The summed E-state index contributed by atoms with van der Waals surface area (Å²) in [4.78, 5) is 25.4. The Morgan fingerprint density at radius 2 is 2.25 bits per heavy atom. The molecule has 108 valence electrons. The van der Waals surface area contributed by atoms with E-state index in [0.717, 1.165) is 0 Å². The summed E-state index contributed by atoms with van der Waals surface area (Å²) in [5.74, 6) is -0.377. The van der Waals surface area contributed by atoms with Crippen LogP contribution >= 0.6 is 0 Å². The van der Waals surface area contributed by atoms with Gasteiger partial charge in [0.15, 0.2) is 0 Å². The van der Waals surface area contributed by atoms with Crippen LogP contribution in [0, 0.1) is 0 Å². The van der Waals surface area contributed by atoms with Crippen molar-refractivity contribution in [1.29, 1.82) is 0 Å². The molecule has 6 heteroatoms. The standard InChI is InChI=1S/C14H19N3O3/c1-2-20-14(19)10-4-3-5-11(15)13(10)17-8-6-12(18)16-7-9-17/h3-5H,2,6-9,15H2,1H3,(H,16,18). The summed E-state index contributed by atoms with van der Waals surface area (Å²) in [6.45, 7) is 3.76. The number of hydrogen-bond acceptors (Lipinski definition) is 5. The molecule has 1 aromatic rings. The third-order valence-corrected chi connectivity index (χ3v) is 3.19. The first-order valence-corrected chi connectivity index (χ1v) is 6.70. The summed E-state index contributed by atoms with van der Waals surface area (Å²) >= 11 is 0. The van der Waals surface area contributed by atoms with Crippen LogP contribution in [-0.2, 0) is 9.53 Å². The lowest BCUT2D eigenvalue weighted by Crippen LogP contribution is -2.30. The number of nitrogens with two attached hydrogens (primary N) is 1. The number of nitrogen functional groups attached to an aromatic ring is 1. The molecular weight excluding hydrogens is 258 g/mol. The number of para-hydroxylation sites is 1. The molecule has 1 aliphatic heterocycles.